The molecule has 0 aliphatic heterocycles. The molecule has 0 atom stereocenters. The third-order valence-electron chi connectivity index (χ3n) is 4.58. The number of halogens is 3. The van der Waals surface area contributed by atoms with Gasteiger partial charge in [-0.25, -0.2) is 15.0 Å². The molecule has 2 aromatic rings. The standard InChI is InChI=1S/C16H18F3N5O/c1-23-10-21-8-14(23)24(15(25)13-6-7-20-9-22-13)12-4-2-11(3-5-12)16(17,18)19/h6-12H,2-5H2,1H3. The summed E-state index contributed by atoms with van der Waals surface area (Å²) < 4.78 is 40.4. The predicted molar refractivity (Wildman–Crippen MR) is 83.9 cm³/mol. The molecule has 6 nitrogen and oxygen atoms in total. The fourth-order valence-corrected chi connectivity index (χ4v) is 3.24. The summed E-state index contributed by atoms with van der Waals surface area (Å²) in [5.41, 5.74) is 0.203. The van der Waals surface area contributed by atoms with Gasteiger partial charge in [0.25, 0.3) is 5.91 Å². The lowest BCUT2D eigenvalue weighted by molar-refractivity contribution is -0.182. The first-order chi connectivity index (χ1) is 11.9. The molecular formula is C16H18F3N5O. The van der Waals surface area contributed by atoms with Crippen LogP contribution in [0.3, 0.4) is 0 Å². The number of nitrogens with zero attached hydrogens (tertiary/aromatic N) is 5. The Morgan fingerprint density at radius 2 is 1.96 bits per heavy atom. The highest BCUT2D eigenvalue weighted by Crippen LogP contribution is 2.39. The van der Waals surface area contributed by atoms with E-state index in [0.717, 1.165) is 0 Å². The third-order valence-corrected chi connectivity index (χ3v) is 4.58. The van der Waals surface area contributed by atoms with Crippen LogP contribution < -0.4 is 4.90 Å². The number of amides is 1. The van der Waals surface area contributed by atoms with Crippen molar-refractivity contribution in [3.05, 3.63) is 36.8 Å². The highest BCUT2D eigenvalue weighted by Gasteiger charge is 2.43. The van der Waals surface area contributed by atoms with Crippen molar-refractivity contribution >= 4 is 11.7 Å². The van der Waals surface area contributed by atoms with Gasteiger partial charge in [-0.3, -0.25) is 9.69 Å². The summed E-state index contributed by atoms with van der Waals surface area (Å²) in [6.45, 7) is 0. The Hall–Kier alpha value is -2.45. The summed E-state index contributed by atoms with van der Waals surface area (Å²) >= 11 is 0. The first-order valence-corrected chi connectivity index (χ1v) is 8.00. The zero-order valence-corrected chi connectivity index (χ0v) is 13.6. The van der Waals surface area contributed by atoms with E-state index >= 15 is 0 Å². The number of hydrogen-bond acceptors (Lipinski definition) is 4. The van der Waals surface area contributed by atoms with Crippen LogP contribution >= 0.6 is 0 Å². The zero-order chi connectivity index (χ0) is 18.0. The fourth-order valence-electron chi connectivity index (χ4n) is 3.24. The van der Waals surface area contributed by atoms with Gasteiger partial charge in [0.05, 0.1) is 18.4 Å². The van der Waals surface area contributed by atoms with E-state index in [-0.39, 0.29) is 43.3 Å². The van der Waals surface area contributed by atoms with E-state index in [4.69, 9.17) is 0 Å². The lowest BCUT2D eigenvalue weighted by Crippen LogP contribution is -2.45. The zero-order valence-electron chi connectivity index (χ0n) is 13.6. The molecule has 1 amide bonds. The summed E-state index contributed by atoms with van der Waals surface area (Å²) in [6.07, 6.45) is 2.24. The van der Waals surface area contributed by atoms with Crippen molar-refractivity contribution in [3.63, 3.8) is 0 Å². The molecule has 0 spiro atoms. The van der Waals surface area contributed by atoms with E-state index in [1.54, 1.807) is 17.9 Å². The van der Waals surface area contributed by atoms with Crippen molar-refractivity contribution < 1.29 is 18.0 Å². The molecular weight excluding hydrogens is 335 g/mol. The number of imidazole rings is 1. The summed E-state index contributed by atoms with van der Waals surface area (Å²) in [7, 11) is 1.74. The fraction of sp³-hybridized carbons (Fsp3) is 0.500. The molecule has 0 radical (unpaired) electrons. The molecule has 25 heavy (non-hydrogen) atoms. The van der Waals surface area contributed by atoms with E-state index in [1.165, 1.54) is 29.7 Å². The van der Waals surface area contributed by atoms with Crippen molar-refractivity contribution in [2.24, 2.45) is 13.0 Å². The Kier molecular flexibility index (Phi) is 4.73. The Bertz CT molecular complexity index is 723. The van der Waals surface area contributed by atoms with Crippen molar-refractivity contribution in [1.82, 2.24) is 19.5 Å². The van der Waals surface area contributed by atoms with Gasteiger partial charge in [-0.15, -0.1) is 0 Å². The van der Waals surface area contributed by atoms with Crippen LogP contribution in [-0.2, 0) is 7.05 Å². The molecule has 2 aromatic heterocycles. The second-order valence-electron chi connectivity index (χ2n) is 6.18. The minimum atomic E-state index is -4.18. The van der Waals surface area contributed by atoms with E-state index in [1.807, 2.05) is 0 Å². The molecule has 1 fully saturated rings. The highest BCUT2D eigenvalue weighted by molar-refractivity contribution is 6.04. The van der Waals surface area contributed by atoms with Crippen LogP contribution in [0.1, 0.15) is 36.2 Å². The smallest absolute Gasteiger partial charge is 0.320 e. The molecule has 134 valence electrons. The maximum absolute atomic E-state index is 12.9. The average molecular weight is 353 g/mol. The number of rotatable bonds is 3. The number of aromatic nitrogens is 4. The highest BCUT2D eigenvalue weighted by atomic mass is 19.4. The van der Waals surface area contributed by atoms with E-state index < -0.39 is 12.1 Å². The van der Waals surface area contributed by atoms with Crippen molar-refractivity contribution in [2.45, 2.75) is 37.9 Å². The Morgan fingerprint density at radius 3 is 2.48 bits per heavy atom. The molecule has 0 saturated heterocycles. The van der Waals surface area contributed by atoms with Gasteiger partial charge in [0.1, 0.15) is 17.8 Å². The van der Waals surface area contributed by atoms with Gasteiger partial charge in [-0.05, 0) is 31.7 Å². The Labute approximate surface area is 142 Å². The molecule has 3 rings (SSSR count). The number of aryl methyl sites for hydroxylation is 1. The maximum atomic E-state index is 12.9. The number of hydrogen-bond donors (Lipinski definition) is 0. The van der Waals surface area contributed by atoms with Gasteiger partial charge in [-0.1, -0.05) is 0 Å². The minimum Gasteiger partial charge on any atom is -0.320 e. The lowest BCUT2D eigenvalue weighted by Gasteiger charge is -2.37. The first kappa shape index (κ1) is 17.4. The normalized spacial score (nSPS) is 21.1. The maximum Gasteiger partial charge on any atom is 0.391 e. The molecule has 1 aliphatic rings. The molecule has 9 heteroatoms. The quantitative estimate of drug-likeness (QED) is 0.851. The largest absolute Gasteiger partial charge is 0.391 e. The molecule has 0 bridgehead atoms. The van der Waals surface area contributed by atoms with Gasteiger partial charge in [0.2, 0.25) is 0 Å². The molecule has 1 aliphatic carbocycles. The Morgan fingerprint density at radius 1 is 1.24 bits per heavy atom. The third kappa shape index (κ3) is 3.64. The first-order valence-electron chi connectivity index (χ1n) is 8.00. The molecule has 2 heterocycles. The van der Waals surface area contributed by atoms with Crippen molar-refractivity contribution in [2.75, 3.05) is 4.90 Å². The van der Waals surface area contributed by atoms with Gasteiger partial charge in [0.15, 0.2) is 0 Å². The molecule has 0 unspecified atom stereocenters. The van der Waals surface area contributed by atoms with Crippen molar-refractivity contribution in [3.8, 4) is 0 Å². The van der Waals surface area contributed by atoms with Crippen LogP contribution in [-0.4, -0.2) is 37.6 Å². The minimum absolute atomic E-state index is 0.0135. The summed E-state index contributed by atoms with van der Waals surface area (Å²) in [5.74, 6) is -1.12. The molecule has 0 aromatic carbocycles. The van der Waals surface area contributed by atoms with Crippen LogP contribution in [0, 0.1) is 5.92 Å². The van der Waals surface area contributed by atoms with Crippen LogP contribution in [0.15, 0.2) is 31.1 Å². The molecule has 1 saturated carbocycles. The van der Waals surface area contributed by atoms with Crippen LogP contribution in [0.5, 0.6) is 0 Å². The summed E-state index contributed by atoms with van der Waals surface area (Å²) in [4.78, 5) is 26.3. The average Bonchev–Trinajstić information content (AvgIpc) is 3.01. The van der Waals surface area contributed by atoms with E-state index in [9.17, 15) is 18.0 Å². The SMILES string of the molecule is Cn1cncc1N(C(=O)c1ccncn1)C1CCC(C(F)(F)F)CC1. The second kappa shape index (κ2) is 6.81. The predicted octanol–water partition coefficient (Wildman–Crippen LogP) is 2.98. The number of carbonyl (C=O) groups excluding carboxylic acids is 1. The van der Waals surface area contributed by atoms with Crippen LogP contribution in [0.2, 0.25) is 0 Å². The number of carbonyl (C=O) groups is 1. The number of alkyl halides is 3. The van der Waals surface area contributed by atoms with Crippen molar-refractivity contribution in [1.29, 1.82) is 0 Å². The summed E-state index contributed by atoms with van der Waals surface area (Å²) in [5, 5.41) is 0. The van der Waals surface area contributed by atoms with Gasteiger partial charge >= 0.3 is 6.18 Å². The molecule has 0 N–H and O–H groups in total. The lowest BCUT2D eigenvalue weighted by atomic mass is 9.84. The van der Waals surface area contributed by atoms with E-state index in [0.29, 0.717) is 5.82 Å². The van der Waals surface area contributed by atoms with Crippen LogP contribution in [0.25, 0.3) is 0 Å². The van der Waals surface area contributed by atoms with E-state index in [2.05, 4.69) is 15.0 Å². The second-order valence-corrected chi connectivity index (χ2v) is 6.18. The topological polar surface area (TPSA) is 63.9 Å². The van der Waals surface area contributed by atoms with Crippen LogP contribution in [0.4, 0.5) is 19.0 Å². The van der Waals surface area contributed by atoms with Gasteiger partial charge < -0.3 is 4.57 Å². The summed E-state index contributed by atoms with van der Waals surface area (Å²) in [6, 6.07) is 1.17. The Balaban J connectivity index is 1.86. The monoisotopic (exact) mass is 353 g/mol. The van der Waals surface area contributed by atoms with Gasteiger partial charge in [-0.2, -0.15) is 13.2 Å². The van der Waals surface area contributed by atoms with Gasteiger partial charge in [0, 0.05) is 19.3 Å². The number of anilines is 1.